The van der Waals surface area contributed by atoms with Gasteiger partial charge in [-0.05, 0) is 41.2 Å². The van der Waals surface area contributed by atoms with Gasteiger partial charge in [-0.25, -0.2) is 18.5 Å². The SMILES string of the molecule is CCC(=S)N=C(N)c1cccc(CN(CC(C)C)C(=O)Cc2ccc(-c3ccccc3S(N)(=O)=O)cc2)c1. The van der Waals surface area contributed by atoms with Crippen molar-refractivity contribution in [1.82, 2.24) is 4.90 Å². The largest absolute Gasteiger partial charge is 0.383 e. The van der Waals surface area contributed by atoms with Gasteiger partial charge in [0, 0.05) is 24.2 Å². The molecule has 1 amide bonds. The molecule has 9 heteroatoms. The van der Waals surface area contributed by atoms with Crippen molar-refractivity contribution in [2.24, 2.45) is 21.8 Å². The minimum Gasteiger partial charge on any atom is -0.383 e. The molecule has 3 aromatic rings. The zero-order valence-corrected chi connectivity index (χ0v) is 23.6. The first kappa shape index (κ1) is 29.2. The van der Waals surface area contributed by atoms with Gasteiger partial charge in [0.15, 0.2) is 0 Å². The van der Waals surface area contributed by atoms with Gasteiger partial charge in [-0.15, -0.1) is 0 Å². The van der Waals surface area contributed by atoms with E-state index >= 15 is 0 Å². The summed E-state index contributed by atoms with van der Waals surface area (Å²) in [6.45, 7) is 7.13. The van der Waals surface area contributed by atoms with Gasteiger partial charge in [0.25, 0.3) is 0 Å². The number of amidine groups is 1. The Labute approximate surface area is 230 Å². The van der Waals surface area contributed by atoms with Crippen molar-refractivity contribution < 1.29 is 13.2 Å². The molecule has 0 atom stereocenters. The lowest BCUT2D eigenvalue weighted by molar-refractivity contribution is -0.131. The quantitative estimate of drug-likeness (QED) is 0.216. The third kappa shape index (κ3) is 8.05. The molecule has 0 unspecified atom stereocenters. The molecule has 3 aromatic carbocycles. The fourth-order valence-electron chi connectivity index (χ4n) is 4.06. The van der Waals surface area contributed by atoms with Crippen molar-refractivity contribution in [3.8, 4) is 11.1 Å². The van der Waals surface area contributed by atoms with E-state index in [0.717, 1.165) is 16.7 Å². The monoisotopic (exact) mass is 550 g/mol. The topological polar surface area (TPSA) is 119 Å². The first-order valence-electron chi connectivity index (χ1n) is 12.4. The maximum Gasteiger partial charge on any atom is 0.238 e. The highest BCUT2D eigenvalue weighted by Crippen LogP contribution is 2.27. The molecule has 0 spiro atoms. The molecule has 0 radical (unpaired) electrons. The molecule has 0 aromatic heterocycles. The first-order chi connectivity index (χ1) is 18.0. The van der Waals surface area contributed by atoms with Crippen molar-refractivity contribution in [2.45, 2.75) is 45.1 Å². The molecule has 0 saturated carbocycles. The van der Waals surface area contributed by atoms with Crippen LogP contribution in [0.15, 0.2) is 82.7 Å². The zero-order valence-electron chi connectivity index (χ0n) is 21.9. The van der Waals surface area contributed by atoms with Crippen LogP contribution >= 0.6 is 12.2 Å². The number of thiocarbonyl (C=S) groups is 1. The summed E-state index contributed by atoms with van der Waals surface area (Å²) < 4.78 is 24.0. The van der Waals surface area contributed by atoms with E-state index in [0.29, 0.717) is 41.5 Å². The van der Waals surface area contributed by atoms with Crippen LogP contribution in [0.3, 0.4) is 0 Å². The smallest absolute Gasteiger partial charge is 0.238 e. The molecule has 38 heavy (non-hydrogen) atoms. The molecule has 7 nitrogen and oxygen atoms in total. The highest BCUT2D eigenvalue weighted by Gasteiger charge is 2.18. The van der Waals surface area contributed by atoms with Crippen molar-refractivity contribution in [3.05, 3.63) is 89.5 Å². The van der Waals surface area contributed by atoms with Crippen molar-refractivity contribution >= 4 is 39.0 Å². The molecule has 3 rings (SSSR count). The van der Waals surface area contributed by atoms with E-state index in [1.807, 2.05) is 60.4 Å². The fourth-order valence-corrected chi connectivity index (χ4v) is 4.92. The number of aliphatic imine (C=N–C) groups is 1. The summed E-state index contributed by atoms with van der Waals surface area (Å²) in [7, 11) is -3.86. The predicted octanol–water partition coefficient (Wildman–Crippen LogP) is 4.67. The first-order valence-corrected chi connectivity index (χ1v) is 14.4. The average Bonchev–Trinajstić information content (AvgIpc) is 2.88. The molecule has 0 bridgehead atoms. The normalized spacial score (nSPS) is 12.0. The summed E-state index contributed by atoms with van der Waals surface area (Å²) in [4.78, 5) is 20.1. The Balaban J connectivity index is 1.79. The molecular weight excluding hydrogens is 516 g/mol. The van der Waals surface area contributed by atoms with Gasteiger partial charge in [-0.3, -0.25) is 4.79 Å². The minimum absolute atomic E-state index is 0.00408. The third-order valence-electron chi connectivity index (χ3n) is 5.90. The molecule has 4 N–H and O–H groups in total. The second-order valence-electron chi connectivity index (χ2n) is 9.53. The summed E-state index contributed by atoms with van der Waals surface area (Å²) in [6.07, 6.45) is 0.865. The Morgan fingerprint density at radius 3 is 2.32 bits per heavy atom. The van der Waals surface area contributed by atoms with Crippen LogP contribution in [0.4, 0.5) is 0 Å². The molecule has 0 heterocycles. The van der Waals surface area contributed by atoms with E-state index in [1.165, 1.54) is 6.07 Å². The number of nitrogens with two attached hydrogens (primary N) is 2. The standard InChI is InChI=1S/C29H34N4O3S2/c1-4-27(37)32-29(30)24-9-7-8-22(16-24)19-33(18-20(2)3)28(34)17-21-12-14-23(15-13-21)25-10-5-6-11-26(25)38(31,35)36/h5-16,20H,4,17-19H2,1-3H3,(H2,30,32,37)(H2,31,35,36). The number of sulfonamides is 1. The van der Waals surface area contributed by atoms with E-state index in [-0.39, 0.29) is 23.1 Å². The van der Waals surface area contributed by atoms with Crippen LogP contribution in [0.5, 0.6) is 0 Å². The lowest BCUT2D eigenvalue weighted by atomic mass is 10.0. The second-order valence-corrected chi connectivity index (χ2v) is 11.5. The van der Waals surface area contributed by atoms with Crippen LogP contribution in [0.2, 0.25) is 0 Å². The Bertz CT molecular complexity index is 1430. The highest BCUT2D eigenvalue weighted by molar-refractivity contribution is 7.89. The highest BCUT2D eigenvalue weighted by atomic mass is 32.2. The third-order valence-corrected chi connectivity index (χ3v) is 7.24. The van der Waals surface area contributed by atoms with Gasteiger partial charge >= 0.3 is 0 Å². The van der Waals surface area contributed by atoms with Gasteiger partial charge in [-0.2, -0.15) is 0 Å². The molecule has 0 aliphatic carbocycles. The molecule has 0 fully saturated rings. The number of carbonyl (C=O) groups excluding carboxylic acids is 1. The Morgan fingerprint density at radius 2 is 1.68 bits per heavy atom. The molecule has 0 aliphatic rings. The number of nitrogens with zero attached hydrogens (tertiary/aromatic N) is 2. The zero-order chi connectivity index (χ0) is 27.9. The summed E-state index contributed by atoms with van der Waals surface area (Å²) >= 11 is 5.18. The van der Waals surface area contributed by atoms with E-state index in [1.54, 1.807) is 18.2 Å². The number of amides is 1. The Kier molecular flexibility index (Phi) is 9.90. The number of hydrogen-bond donors (Lipinski definition) is 2. The van der Waals surface area contributed by atoms with Gasteiger partial charge in [-0.1, -0.05) is 93.7 Å². The molecular formula is C29H34N4O3S2. The second kappa shape index (κ2) is 12.9. The van der Waals surface area contributed by atoms with Crippen LogP contribution in [0.25, 0.3) is 11.1 Å². The number of primary sulfonamides is 1. The Hall–Kier alpha value is -3.40. The number of benzene rings is 3. The lowest BCUT2D eigenvalue weighted by Gasteiger charge is -2.25. The van der Waals surface area contributed by atoms with E-state index in [9.17, 15) is 13.2 Å². The van der Waals surface area contributed by atoms with Crippen LogP contribution in [0, 0.1) is 5.92 Å². The number of rotatable bonds is 10. The summed E-state index contributed by atoms with van der Waals surface area (Å²) in [5, 5.41) is 5.38. The van der Waals surface area contributed by atoms with Crippen LogP contribution in [0.1, 0.15) is 43.9 Å². The van der Waals surface area contributed by atoms with Crippen molar-refractivity contribution in [3.63, 3.8) is 0 Å². The minimum atomic E-state index is -3.86. The number of carbonyl (C=O) groups is 1. The summed E-state index contributed by atoms with van der Waals surface area (Å²) in [6, 6.07) is 21.6. The van der Waals surface area contributed by atoms with Gasteiger partial charge in [0.2, 0.25) is 15.9 Å². The van der Waals surface area contributed by atoms with Gasteiger partial charge in [0.05, 0.1) is 11.3 Å². The maximum atomic E-state index is 13.4. The van der Waals surface area contributed by atoms with Crippen LogP contribution < -0.4 is 10.9 Å². The summed E-state index contributed by atoms with van der Waals surface area (Å²) in [5.41, 5.74) is 9.93. The van der Waals surface area contributed by atoms with Gasteiger partial charge < -0.3 is 10.6 Å². The maximum absolute atomic E-state index is 13.4. The van der Waals surface area contributed by atoms with Crippen LogP contribution in [-0.4, -0.2) is 36.6 Å². The number of hydrogen-bond acceptors (Lipinski definition) is 4. The Morgan fingerprint density at radius 1 is 1.00 bits per heavy atom. The van der Waals surface area contributed by atoms with E-state index in [2.05, 4.69) is 18.8 Å². The van der Waals surface area contributed by atoms with Crippen molar-refractivity contribution in [2.75, 3.05) is 6.54 Å². The average molecular weight is 551 g/mol. The fraction of sp³-hybridized carbons (Fsp3) is 0.276. The molecule has 0 aliphatic heterocycles. The molecule has 0 saturated heterocycles. The molecule has 200 valence electrons. The van der Waals surface area contributed by atoms with Crippen molar-refractivity contribution in [1.29, 1.82) is 0 Å². The van der Waals surface area contributed by atoms with E-state index < -0.39 is 10.0 Å². The lowest BCUT2D eigenvalue weighted by Crippen LogP contribution is -2.35. The summed E-state index contributed by atoms with van der Waals surface area (Å²) in [5.74, 6) is 0.646. The van der Waals surface area contributed by atoms with E-state index in [4.69, 9.17) is 23.1 Å². The predicted molar refractivity (Wildman–Crippen MR) is 157 cm³/mol. The van der Waals surface area contributed by atoms with Crippen LogP contribution in [-0.2, 0) is 27.8 Å². The van der Waals surface area contributed by atoms with Gasteiger partial charge in [0.1, 0.15) is 10.8 Å².